The number of hydrogen-bond donors (Lipinski definition) is 1. The van der Waals surface area contributed by atoms with Crippen LogP contribution in [-0.4, -0.2) is 21.8 Å². The molecule has 0 aliphatic rings. The van der Waals surface area contributed by atoms with Gasteiger partial charge in [0.1, 0.15) is 23.8 Å². The molecule has 17 heavy (non-hydrogen) atoms. The maximum Gasteiger partial charge on any atom is 0.141 e. The smallest absolute Gasteiger partial charge is 0.141 e. The molecule has 4 nitrogen and oxygen atoms in total. The average Bonchev–Trinajstić information content (AvgIpc) is 2.71. The minimum Gasteiger partial charge on any atom is -0.313 e. The lowest BCUT2D eigenvalue weighted by Gasteiger charge is -2.06. The molecule has 2 aromatic rings. The van der Waals surface area contributed by atoms with Gasteiger partial charge in [-0.3, -0.25) is 0 Å². The first-order valence-electron chi connectivity index (χ1n) is 5.16. The Hall–Kier alpha value is -1.82. The Morgan fingerprint density at radius 1 is 1.35 bits per heavy atom. The number of nitrogens with zero attached hydrogens (tertiary/aromatic N) is 3. The fourth-order valence-electron chi connectivity index (χ4n) is 1.53. The normalized spacial score (nSPS) is 10.8. The van der Waals surface area contributed by atoms with E-state index in [4.69, 9.17) is 0 Å². The van der Waals surface area contributed by atoms with Crippen LogP contribution in [0.2, 0.25) is 0 Å². The molecular formula is C11H12F2N4. The highest BCUT2D eigenvalue weighted by molar-refractivity contribution is 5.18. The lowest BCUT2D eigenvalue weighted by Crippen LogP contribution is -2.14. The molecule has 0 bridgehead atoms. The van der Waals surface area contributed by atoms with Crippen molar-refractivity contribution in [2.24, 2.45) is 0 Å². The maximum absolute atomic E-state index is 13.4. The summed E-state index contributed by atoms with van der Waals surface area (Å²) in [5.41, 5.74) is 0.384. The number of rotatable bonds is 4. The maximum atomic E-state index is 13.4. The zero-order valence-electron chi connectivity index (χ0n) is 9.32. The van der Waals surface area contributed by atoms with Crippen LogP contribution in [-0.2, 0) is 13.1 Å². The molecule has 6 heteroatoms. The van der Waals surface area contributed by atoms with E-state index >= 15 is 0 Å². The van der Waals surface area contributed by atoms with Crippen molar-refractivity contribution in [3.05, 3.63) is 47.5 Å². The summed E-state index contributed by atoms with van der Waals surface area (Å²) in [6.07, 6.45) is 1.41. The highest BCUT2D eigenvalue weighted by Crippen LogP contribution is 2.11. The summed E-state index contributed by atoms with van der Waals surface area (Å²) in [6.45, 7) is 0.784. The minimum absolute atomic E-state index is 0.239. The molecule has 0 saturated carbocycles. The van der Waals surface area contributed by atoms with Crippen LogP contribution in [0.4, 0.5) is 8.78 Å². The Morgan fingerprint density at radius 3 is 2.88 bits per heavy atom. The predicted octanol–water partition coefficient (Wildman–Crippen LogP) is 1.32. The van der Waals surface area contributed by atoms with Crippen LogP contribution in [0.1, 0.15) is 11.4 Å². The van der Waals surface area contributed by atoms with E-state index in [-0.39, 0.29) is 6.54 Å². The van der Waals surface area contributed by atoms with Crippen molar-refractivity contribution < 1.29 is 8.78 Å². The topological polar surface area (TPSA) is 42.7 Å². The Kier molecular flexibility index (Phi) is 3.43. The molecule has 2 rings (SSSR count). The van der Waals surface area contributed by atoms with E-state index in [1.165, 1.54) is 18.5 Å². The molecule has 0 aliphatic heterocycles. The van der Waals surface area contributed by atoms with E-state index < -0.39 is 11.6 Å². The molecule has 0 atom stereocenters. The largest absolute Gasteiger partial charge is 0.313 e. The summed E-state index contributed by atoms with van der Waals surface area (Å²) in [5.74, 6) is -0.451. The van der Waals surface area contributed by atoms with Gasteiger partial charge in [0.15, 0.2) is 0 Å². The molecule has 1 aromatic carbocycles. The zero-order chi connectivity index (χ0) is 12.3. The van der Waals surface area contributed by atoms with E-state index in [0.29, 0.717) is 17.9 Å². The zero-order valence-corrected chi connectivity index (χ0v) is 9.32. The third kappa shape index (κ3) is 2.65. The molecule has 0 amide bonds. The molecule has 90 valence electrons. The third-order valence-corrected chi connectivity index (χ3v) is 2.37. The van der Waals surface area contributed by atoms with Gasteiger partial charge in [0, 0.05) is 11.6 Å². The van der Waals surface area contributed by atoms with Crippen molar-refractivity contribution in [2.75, 3.05) is 7.05 Å². The van der Waals surface area contributed by atoms with Crippen molar-refractivity contribution >= 4 is 0 Å². The van der Waals surface area contributed by atoms with Crippen LogP contribution < -0.4 is 5.32 Å². The lowest BCUT2D eigenvalue weighted by atomic mass is 10.2. The average molecular weight is 238 g/mol. The molecule has 0 radical (unpaired) electrons. The number of halogens is 2. The molecule has 1 N–H and O–H groups in total. The van der Waals surface area contributed by atoms with Crippen molar-refractivity contribution in [2.45, 2.75) is 13.1 Å². The summed E-state index contributed by atoms with van der Waals surface area (Å²) in [7, 11) is 1.79. The standard InChI is InChI=1S/C11H12F2N4/c1-14-5-11-15-7-16-17(11)6-8-2-3-9(12)4-10(8)13/h2-4,7,14H,5-6H2,1H3. The Labute approximate surface area is 97.3 Å². The van der Waals surface area contributed by atoms with E-state index in [1.807, 2.05) is 0 Å². The van der Waals surface area contributed by atoms with Crippen molar-refractivity contribution in [1.82, 2.24) is 20.1 Å². The number of nitrogens with one attached hydrogen (secondary N) is 1. The first-order valence-corrected chi connectivity index (χ1v) is 5.16. The van der Waals surface area contributed by atoms with Gasteiger partial charge in [-0.1, -0.05) is 6.07 Å². The van der Waals surface area contributed by atoms with Crippen LogP contribution in [0.25, 0.3) is 0 Å². The Balaban J connectivity index is 2.22. The Bertz CT molecular complexity index is 510. The van der Waals surface area contributed by atoms with Gasteiger partial charge in [0.05, 0.1) is 13.1 Å². The molecule has 0 unspecified atom stereocenters. The first-order chi connectivity index (χ1) is 8.20. The second kappa shape index (κ2) is 5.01. The second-order valence-corrected chi connectivity index (χ2v) is 3.60. The van der Waals surface area contributed by atoms with Gasteiger partial charge < -0.3 is 5.32 Å². The highest BCUT2D eigenvalue weighted by Gasteiger charge is 2.08. The van der Waals surface area contributed by atoms with Gasteiger partial charge in [-0.2, -0.15) is 5.10 Å². The van der Waals surface area contributed by atoms with Crippen LogP contribution >= 0.6 is 0 Å². The van der Waals surface area contributed by atoms with Crippen LogP contribution in [0.3, 0.4) is 0 Å². The fraction of sp³-hybridized carbons (Fsp3) is 0.273. The monoisotopic (exact) mass is 238 g/mol. The van der Waals surface area contributed by atoms with Gasteiger partial charge in [0.25, 0.3) is 0 Å². The van der Waals surface area contributed by atoms with Crippen LogP contribution in [0.5, 0.6) is 0 Å². The molecule has 0 spiro atoms. The number of hydrogen-bond acceptors (Lipinski definition) is 3. The highest BCUT2D eigenvalue weighted by atomic mass is 19.1. The summed E-state index contributed by atoms with van der Waals surface area (Å²) in [5, 5.41) is 6.94. The summed E-state index contributed by atoms with van der Waals surface area (Å²) < 4.78 is 27.8. The van der Waals surface area contributed by atoms with E-state index in [0.717, 1.165) is 6.07 Å². The van der Waals surface area contributed by atoms with Gasteiger partial charge in [-0.25, -0.2) is 18.4 Å². The number of benzene rings is 1. The molecule has 0 saturated heterocycles. The predicted molar refractivity (Wildman–Crippen MR) is 58.2 cm³/mol. The van der Waals surface area contributed by atoms with Crippen molar-refractivity contribution in [3.8, 4) is 0 Å². The Morgan fingerprint density at radius 2 is 2.18 bits per heavy atom. The third-order valence-electron chi connectivity index (χ3n) is 2.37. The van der Waals surface area contributed by atoms with Crippen molar-refractivity contribution in [1.29, 1.82) is 0 Å². The summed E-state index contributed by atoms with van der Waals surface area (Å²) in [6, 6.07) is 3.51. The molecule has 0 fully saturated rings. The van der Waals surface area contributed by atoms with Crippen molar-refractivity contribution in [3.63, 3.8) is 0 Å². The quantitative estimate of drug-likeness (QED) is 0.873. The molecule has 1 heterocycles. The summed E-state index contributed by atoms with van der Waals surface area (Å²) >= 11 is 0. The molecule has 1 aromatic heterocycles. The van der Waals surface area contributed by atoms with Gasteiger partial charge in [-0.05, 0) is 13.1 Å². The van der Waals surface area contributed by atoms with Crippen LogP contribution in [0.15, 0.2) is 24.5 Å². The van der Waals surface area contributed by atoms with Gasteiger partial charge in [-0.15, -0.1) is 0 Å². The first kappa shape index (κ1) is 11.7. The number of aromatic nitrogens is 3. The van der Waals surface area contributed by atoms with E-state index in [2.05, 4.69) is 15.4 Å². The van der Waals surface area contributed by atoms with Gasteiger partial charge in [0.2, 0.25) is 0 Å². The van der Waals surface area contributed by atoms with E-state index in [9.17, 15) is 8.78 Å². The minimum atomic E-state index is -0.583. The van der Waals surface area contributed by atoms with Crippen LogP contribution in [0, 0.1) is 11.6 Å². The second-order valence-electron chi connectivity index (χ2n) is 3.60. The fourth-order valence-corrected chi connectivity index (χ4v) is 1.53. The SMILES string of the molecule is CNCc1ncnn1Cc1ccc(F)cc1F. The van der Waals surface area contributed by atoms with Gasteiger partial charge >= 0.3 is 0 Å². The molecule has 0 aliphatic carbocycles. The molecular weight excluding hydrogens is 226 g/mol. The van der Waals surface area contributed by atoms with E-state index in [1.54, 1.807) is 11.7 Å². The summed E-state index contributed by atoms with van der Waals surface area (Å²) in [4.78, 5) is 4.04. The lowest BCUT2D eigenvalue weighted by molar-refractivity contribution is 0.548.